The van der Waals surface area contributed by atoms with Crippen LogP contribution in [0.25, 0.3) is 11.0 Å². The van der Waals surface area contributed by atoms with Gasteiger partial charge in [-0.3, -0.25) is 14.9 Å². The van der Waals surface area contributed by atoms with Gasteiger partial charge in [-0.15, -0.1) is 0 Å². The number of aryl methyl sites for hydroxylation is 1. The zero-order valence-electron chi connectivity index (χ0n) is 27.2. The summed E-state index contributed by atoms with van der Waals surface area (Å²) < 4.78 is 26.1. The van der Waals surface area contributed by atoms with E-state index < -0.39 is 7.14 Å². The van der Waals surface area contributed by atoms with Crippen LogP contribution in [0.4, 0.5) is 17.3 Å². The van der Waals surface area contributed by atoms with Gasteiger partial charge in [-0.1, -0.05) is 6.92 Å². The van der Waals surface area contributed by atoms with Crippen molar-refractivity contribution >= 4 is 56.7 Å². The highest BCUT2D eigenvalue weighted by Gasteiger charge is 2.28. The maximum atomic E-state index is 13.4. The molecule has 2 saturated heterocycles. The van der Waals surface area contributed by atoms with Crippen molar-refractivity contribution in [2.45, 2.75) is 32.2 Å². The molecule has 2 fully saturated rings. The highest BCUT2D eigenvalue weighted by molar-refractivity contribution is 9.10. The molecule has 0 atom stereocenters. The van der Waals surface area contributed by atoms with Gasteiger partial charge in [-0.05, 0) is 79.3 Å². The second-order valence-corrected chi connectivity index (χ2v) is 16.4. The molecule has 6 rings (SSSR count). The number of benzene rings is 2. The van der Waals surface area contributed by atoms with Crippen LogP contribution in [0.15, 0.2) is 47.3 Å². The van der Waals surface area contributed by atoms with Crippen molar-refractivity contribution in [1.29, 1.82) is 0 Å². The first-order chi connectivity index (χ1) is 22.1. The lowest BCUT2D eigenvalue weighted by Gasteiger charge is -2.43. The van der Waals surface area contributed by atoms with E-state index in [1.54, 1.807) is 51.2 Å². The Kier molecular flexibility index (Phi) is 9.80. The Bertz CT molecular complexity index is 1750. The highest BCUT2D eigenvalue weighted by atomic mass is 79.9. The van der Waals surface area contributed by atoms with Crippen molar-refractivity contribution in [3.05, 3.63) is 52.9 Å². The summed E-state index contributed by atoms with van der Waals surface area (Å²) in [6.45, 7) is 12.3. The average Bonchev–Trinajstić information content (AvgIpc) is 3.06. The van der Waals surface area contributed by atoms with Gasteiger partial charge in [0.2, 0.25) is 11.8 Å². The first-order valence-corrected chi connectivity index (χ1v) is 19.2. The number of methoxy groups -OCH3 is 1. The molecule has 2 aromatic carbocycles. The topological polar surface area (TPSA) is 109 Å². The van der Waals surface area contributed by atoms with Gasteiger partial charge in [-0.2, -0.15) is 4.98 Å². The summed E-state index contributed by atoms with van der Waals surface area (Å²) in [5.74, 6) is 1.76. The van der Waals surface area contributed by atoms with Crippen molar-refractivity contribution in [3.63, 3.8) is 0 Å². The van der Waals surface area contributed by atoms with Crippen LogP contribution < -0.4 is 25.0 Å². The van der Waals surface area contributed by atoms with E-state index in [0.29, 0.717) is 38.6 Å². The number of nitrogens with one attached hydrogen (secondary N) is 1. The molecule has 0 spiro atoms. The molecule has 244 valence electrons. The van der Waals surface area contributed by atoms with Crippen molar-refractivity contribution in [2.75, 3.05) is 77.0 Å². The van der Waals surface area contributed by atoms with Gasteiger partial charge < -0.3 is 29.2 Å². The zero-order chi connectivity index (χ0) is 32.4. The number of piperidine rings is 1. The van der Waals surface area contributed by atoms with Crippen LogP contribution in [-0.2, 0) is 11.0 Å². The molecule has 0 radical (unpaired) electrons. The largest absolute Gasteiger partial charge is 0.494 e. The minimum Gasteiger partial charge on any atom is -0.494 e. The highest BCUT2D eigenvalue weighted by Crippen LogP contribution is 2.43. The Morgan fingerprint density at radius 2 is 1.74 bits per heavy atom. The fourth-order valence-corrected chi connectivity index (χ4v) is 8.04. The minimum absolute atomic E-state index is 0.282. The van der Waals surface area contributed by atoms with Crippen LogP contribution in [0.1, 0.15) is 25.3 Å². The van der Waals surface area contributed by atoms with Crippen LogP contribution in [0.5, 0.6) is 17.4 Å². The van der Waals surface area contributed by atoms with Crippen molar-refractivity contribution < 1.29 is 14.0 Å². The molecule has 4 aromatic rings. The summed E-state index contributed by atoms with van der Waals surface area (Å²) in [6.07, 6.45) is 8.06. The molecule has 2 aliphatic rings. The Morgan fingerprint density at radius 1 is 1.00 bits per heavy atom. The lowest BCUT2D eigenvalue weighted by molar-refractivity contribution is 0.0982. The smallest absolute Gasteiger partial charge is 0.238 e. The van der Waals surface area contributed by atoms with Crippen molar-refractivity contribution in [3.8, 4) is 17.4 Å². The second-order valence-electron chi connectivity index (χ2n) is 12.4. The van der Waals surface area contributed by atoms with Crippen LogP contribution in [0.3, 0.4) is 0 Å². The van der Waals surface area contributed by atoms with Gasteiger partial charge in [0.25, 0.3) is 0 Å². The molecule has 0 aliphatic carbocycles. The van der Waals surface area contributed by atoms with Gasteiger partial charge in [0, 0.05) is 69.5 Å². The average molecular weight is 710 g/mol. The SMILES string of the molecule is CCc1cc(Nc2ncc(Br)c(Oc3ccc4nccnc4c3P(C)(C)=O)n2)c(OC)cc1N1CCC(N2CCN(C)CC2)CC1. The van der Waals surface area contributed by atoms with Gasteiger partial charge in [0.05, 0.1) is 34.3 Å². The van der Waals surface area contributed by atoms with E-state index in [0.717, 1.165) is 57.1 Å². The van der Waals surface area contributed by atoms with Crippen molar-refractivity contribution in [2.24, 2.45) is 0 Å². The molecule has 11 nitrogen and oxygen atoms in total. The molecule has 2 aliphatic heterocycles. The monoisotopic (exact) mass is 708 g/mol. The fraction of sp³-hybridized carbons (Fsp3) is 0.455. The van der Waals surface area contributed by atoms with Crippen LogP contribution in [-0.4, -0.2) is 103 Å². The summed E-state index contributed by atoms with van der Waals surface area (Å²) in [5.41, 5.74) is 4.44. The molecule has 1 N–H and O–H groups in total. The predicted molar refractivity (Wildman–Crippen MR) is 188 cm³/mol. The van der Waals surface area contributed by atoms with E-state index in [1.807, 2.05) is 0 Å². The molecule has 4 heterocycles. The quantitative estimate of drug-likeness (QED) is 0.215. The third-order valence-electron chi connectivity index (χ3n) is 8.92. The molecule has 0 amide bonds. The fourth-order valence-electron chi connectivity index (χ4n) is 6.43. The number of hydrogen-bond acceptors (Lipinski definition) is 11. The van der Waals surface area contributed by atoms with E-state index in [9.17, 15) is 4.57 Å². The number of ether oxygens (including phenoxy) is 2. The van der Waals surface area contributed by atoms with Gasteiger partial charge in [0.15, 0.2) is 0 Å². The zero-order valence-corrected chi connectivity index (χ0v) is 29.6. The number of aromatic nitrogens is 4. The van der Waals surface area contributed by atoms with E-state index in [2.05, 4.69) is 82.0 Å². The van der Waals surface area contributed by atoms with E-state index >= 15 is 0 Å². The standard InChI is InChI=1S/C33H42BrN8O3P/c1-6-22-19-26(29(44-3)20-27(22)42-13-9-23(10-14-42)41-17-15-40(2)16-18-41)38-33-37-21-24(34)32(39-33)45-28-8-7-25-30(36-12-11-35-25)31(28)46(4,5)43/h7-8,11-12,19-21,23H,6,9-10,13-18H2,1-5H3,(H,37,38,39). The molecule has 0 unspecified atom stereocenters. The predicted octanol–water partition coefficient (Wildman–Crippen LogP) is 5.75. The molecular weight excluding hydrogens is 667 g/mol. The van der Waals surface area contributed by atoms with Gasteiger partial charge in [-0.25, -0.2) is 4.98 Å². The number of fused-ring (bicyclic) bond motifs is 1. The minimum atomic E-state index is -2.80. The first-order valence-electron chi connectivity index (χ1n) is 15.8. The van der Waals surface area contributed by atoms with E-state index in [-0.39, 0.29) is 5.88 Å². The van der Waals surface area contributed by atoms with E-state index in [4.69, 9.17) is 9.47 Å². The Hall–Kier alpha value is -3.31. The van der Waals surface area contributed by atoms with E-state index in [1.165, 1.54) is 24.1 Å². The number of halogens is 1. The summed E-state index contributed by atoms with van der Waals surface area (Å²) >= 11 is 3.52. The number of likely N-dealkylation sites (N-methyl/N-ethyl adjacent to an activating group) is 1. The van der Waals surface area contributed by atoms with Crippen molar-refractivity contribution in [1.82, 2.24) is 29.7 Å². The maximum absolute atomic E-state index is 13.4. The number of rotatable bonds is 9. The summed E-state index contributed by atoms with van der Waals surface area (Å²) in [5, 5.41) is 3.88. The summed E-state index contributed by atoms with van der Waals surface area (Å²) in [7, 11) is 1.10. The third kappa shape index (κ3) is 7.00. The Labute approximate surface area is 279 Å². The second kappa shape index (κ2) is 13.8. The van der Waals surface area contributed by atoms with Gasteiger partial charge in [0.1, 0.15) is 24.2 Å². The molecule has 0 bridgehead atoms. The number of nitrogens with zero attached hydrogens (tertiary/aromatic N) is 7. The Morgan fingerprint density at radius 3 is 2.43 bits per heavy atom. The van der Waals surface area contributed by atoms with Crippen LogP contribution >= 0.6 is 23.1 Å². The third-order valence-corrected chi connectivity index (χ3v) is 11.0. The summed E-state index contributed by atoms with van der Waals surface area (Å²) in [6, 6.07) is 8.49. The molecular formula is C33H42BrN8O3P. The first kappa shape index (κ1) is 32.6. The molecule has 13 heteroatoms. The summed E-state index contributed by atoms with van der Waals surface area (Å²) in [4.78, 5) is 25.6. The van der Waals surface area contributed by atoms with Crippen LogP contribution in [0, 0.1) is 0 Å². The lowest BCUT2D eigenvalue weighted by Crippen LogP contribution is -2.52. The normalized spacial score (nSPS) is 17.0. The van der Waals surface area contributed by atoms with Gasteiger partial charge >= 0.3 is 0 Å². The molecule has 2 aromatic heterocycles. The molecule has 0 saturated carbocycles. The Balaban J connectivity index is 1.23. The van der Waals surface area contributed by atoms with Crippen LogP contribution in [0.2, 0.25) is 0 Å². The number of hydrogen-bond donors (Lipinski definition) is 1. The molecule has 46 heavy (non-hydrogen) atoms. The number of piperazine rings is 1. The lowest BCUT2D eigenvalue weighted by atomic mass is 9.99. The maximum Gasteiger partial charge on any atom is 0.238 e. The number of anilines is 3.